The van der Waals surface area contributed by atoms with Crippen LogP contribution in [0, 0.1) is 5.92 Å². The number of nitrogens with one attached hydrogen (secondary N) is 1. The minimum absolute atomic E-state index is 0.199. The lowest BCUT2D eigenvalue weighted by molar-refractivity contribution is -0.127. The van der Waals surface area contributed by atoms with Crippen molar-refractivity contribution in [2.45, 2.75) is 39.2 Å². The molecule has 0 aromatic rings. The number of hydrogen-bond donors (Lipinski definition) is 1. The number of likely N-dealkylation sites (tertiary alicyclic amines) is 1. The second-order valence-electron chi connectivity index (χ2n) is 5.97. The predicted octanol–water partition coefficient (Wildman–Crippen LogP) is 2.38. The van der Waals surface area contributed by atoms with Gasteiger partial charge in [0.1, 0.15) is 5.82 Å². The summed E-state index contributed by atoms with van der Waals surface area (Å²) in [5, 5.41) is 1.94. The minimum Gasteiger partial charge on any atom is -0.338 e. The SMILES string of the molecule is CCCC1CC(=O)N(CC2=C3N=CC(Br)=CN3NC2C)C1. The summed E-state index contributed by atoms with van der Waals surface area (Å²) in [6, 6.07) is 0.199. The maximum atomic E-state index is 12.2. The van der Waals surface area contributed by atoms with Gasteiger partial charge in [0.05, 0.1) is 10.5 Å². The number of hydrogen-bond acceptors (Lipinski definition) is 4. The van der Waals surface area contributed by atoms with Crippen LogP contribution in [-0.4, -0.2) is 41.2 Å². The van der Waals surface area contributed by atoms with E-state index in [1.807, 2.05) is 16.1 Å². The lowest BCUT2D eigenvalue weighted by atomic mass is 10.0. The summed E-state index contributed by atoms with van der Waals surface area (Å²) < 4.78 is 0.937. The molecule has 3 aliphatic heterocycles. The molecule has 2 unspecified atom stereocenters. The van der Waals surface area contributed by atoms with Crippen LogP contribution in [0.25, 0.3) is 0 Å². The van der Waals surface area contributed by atoms with Crippen LogP contribution in [-0.2, 0) is 4.79 Å². The molecule has 1 saturated heterocycles. The minimum atomic E-state index is 0.199. The molecule has 0 aromatic carbocycles. The van der Waals surface area contributed by atoms with E-state index in [1.54, 1.807) is 6.21 Å². The molecule has 0 aromatic heterocycles. The molecule has 1 N–H and O–H groups in total. The zero-order chi connectivity index (χ0) is 15.0. The van der Waals surface area contributed by atoms with Gasteiger partial charge in [0.25, 0.3) is 0 Å². The Morgan fingerprint density at radius 1 is 1.52 bits per heavy atom. The summed E-state index contributed by atoms with van der Waals surface area (Å²) in [5.74, 6) is 1.74. The van der Waals surface area contributed by atoms with Crippen molar-refractivity contribution in [3.05, 3.63) is 22.1 Å². The third kappa shape index (κ3) is 2.92. The Bertz CT molecular complexity index is 540. The molecule has 3 aliphatic rings. The first kappa shape index (κ1) is 14.8. The Kier molecular flexibility index (Phi) is 4.17. The van der Waals surface area contributed by atoms with Gasteiger partial charge >= 0.3 is 0 Å². The first-order valence-electron chi connectivity index (χ1n) is 7.56. The molecule has 3 heterocycles. The van der Waals surface area contributed by atoms with Crippen LogP contribution in [0.2, 0.25) is 0 Å². The third-order valence-electron chi connectivity index (χ3n) is 4.29. The number of fused-ring (bicyclic) bond motifs is 1. The van der Waals surface area contributed by atoms with Crippen LogP contribution < -0.4 is 5.43 Å². The molecule has 114 valence electrons. The molecular weight excluding hydrogens is 332 g/mol. The number of carbonyl (C=O) groups excluding carboxylic acids is 1. The van der Waals surface area contributed by atoms with Crippen LogP contribution >= 0.6 is 15.9 Å². The van der Waals surface area contributed by atoms with E-state index in [0.717, 1.165) is 29.7 Å². The van der Waals surface area contributed by atoms with Crippen molar-refractivity contribution >= 4 is 28.1 Å². The second-order valence-corrected chi connectivity index (χ2v) is 6.89. The highest BCUT2D eigenvalue weighted by Crippen LogP contribution is 2.29. The second kappa shape index (κ2) is 5.93. The van der Waals surface area contributed by atoms with Gasteiger partial charge in [-0.3, -0.25) is 9.80 Å². The average molecular weight is 353 g/mol. The molecule has 5 nitrogen and oxygen atoms in total. The van der Waals surface area contributed by atoms with E-state index in [-0.39, 0.29) is 11.9 Å². The highest BCUT2D eigenvalue weighted by molar-refractivity contribution is 9.12. The van der Waals surface area contributed by atoms with Crippen LogP contribution in [0.5, 0.6) is 0 Å². The molecule has 6 heteroatoms. The highest BCUT2D eigenvalue weighted by Gasteiger charge is 2.34. The Labute approximate surface area is 133 Å². The standard InChI is InChI=1S/C15H21BrN4O/c1-3-4-11-5-14(21)19(7-11)9-13-10(2)18-20-8-12(16)6-17-15(13)20/h6,8,10-11,18H,3-5,7,9H2,1-2H3. The van der Waals surface area contributed by atoms with Crippen molar-refractivity contribution in [3.63, 3.8) is 0 Å². The number of nitrogens with zero attached hydrogens (tertiary/aromatic N) is 3. The summed E-state index contributed by atoms with van der Waals surface area (Å²) in [6.07, 6.45) is 6.77. The fourth-order valence-electron chi connectivity index (χ4n) is 3.24. The van der Waals surface area contributed by atoms with E-state index in [0.29, 0.717) is 18.9 Å². The monoisotopic (exact) mass is 352 g/mol. The summed E-state index contributed by atoms with van der Waals surface area (Å²) in [4.78, 5) is 18.7. The summed E-state index contributed by atoms with van der Waals surface area (Å²) in [5.41, 5.74) is 4.55. The van der Waals surface area contributed by atoms with Crippen molar-refractivity contribution in [1.82, 2.24) is 15.3 Å². The van der Waals surface area contributed by atoms with Crippen LogP contribution in [0.1, 0.15) is 33.1 Å². The summed E-state index contributed by atoms with van der Waals surface area (Å²) >= 11 is 3.43. The molecule has 0 radical (unpaired) electrons. The fraction of sp³-hybridized carbons (Fsp3) is 0.600. The molecule has 0 spiro atoms. The molecule has 1 fully saturated rings. The molecule has 1 amide bonds. The number of amides is 1. The molecule has 0 bridgehead atoms. The molecule has 0 aliphatic carbocycles. The van der Waals surface area contributed by atoms with E-state index in [9.17, 15) is 4.79 Å². The smallest absolute Gasteiger partial charge is 0.223 e. The fourth-order valence-corrected chi connectivity index (χ4v) is 3.55. The van der Waals surface area contributed by atoms with Gasteiger partial charge in [0.15, 0.2) is 0 Å². The largest absolute Gasteiger partial charge is 0.338 e. The van der Waals surface area contributed by atoms with Gasteiger partial charge in [-0.2, -0.15) is 0 Å². The lowest BCUT2D eigenvalue weighted by Gasteiger charge is -2.19. The van der Waals surface area contributed by atoms with Crippen LogP contribution in [0.15, 0.2) is 27.1 Å². The molecule has 3 rings (SSSR count). The van der Waals surface area contributed by atoms with Gasteiger partial charge in [-0.05, 0) is 35.2 Å². The molecular formula is C15H21BrN4O. The first-order chi connectivity index (χ1) is 10.1. The van der Waals surface area contributed by atoms with Crippen molar-refractivity contribution in [2.24, 2.45) is 10.9 Å². The number of halogens is 1. The van der Waals surface area contributed by atoms with Crippen molar-refractivity contribution in [2.75, 3.05) is 13.1 Å². The Hall–Kier alpha value is -1.14. The number of allylic oxidation sites excluding steroid dienone is 1. The van der Waals surface area contributed by atoms with Gasteiger partial charge in [0.2, 0.25) is 5.91 Å². The number of aliphatic imine (C=N–C) groups is 1. The van der Waals surface area contributed by atoms with Crippen molar-refractivity contribution < 1.29 is 4.79 Å². The predicted molar refractivity (Wildman–Crippen MR) is 86.6 cm³/mol. The van der Waals surface area contributed by atoms with E-state index >= 15 is 0 Å². The molecule has 0 saturated carbocycles. The normalized spacial score (nSPS) is 28.5. The van der Waals surface area contributed by atoms with Crippen LogP contribution in [0.4, 0.5) is 0 Å². The topological polar surface area (TPSA) is 47.9 Å². The quantitative estimate of drug-likeness (QED) is 0.844. The number of hydrazine groups is 1. The summed E-state index contributed by atoms with van der Waals surface area (Å²) in [7, 11) is 0. The van der Waals surface area contributed by atoms with Gasteiger partial charge in [-0.25, -0.2) is 10.4 Å². The number of rotatable bonds is 4. The molecule has 21 heavy (non-hydrogen) atoms. The van der Waals surface area contributed by atoms with E-state index in [2.05, 4.69) is 40.2 Å². The Morgan fingerprint density at radius 2 is 2.33 bits per heavy atom. The number of carbonyl (C=O) groups is 1. The zero-order valence-corrected chi connectivity index (χ0v) is 14.1. The Balaban J connectivity index is 1.74. The van der Waals surface area contributed by atoms with Crippen molar-refractivity contribution in [3.8, 4) is 0 Å². The first-order valence-corrected chi connectivity index (χ1v) is 8.35. The highest BCUT2D eigenvalue weighted by atomic mass is 79.9. The van der Waals surface area contributed by atoms with Crippen LogP contribution in [0.3, 0.4) is 0 Å². The van der Waals surface area contributed by atoms with Gasteiger partial charge in [-0.1, -0.05) is 13.3 Å². The van der Waals surface area contributed by atoms with E-state index in [4.69, 9.17) is 0 Å². The van der Waals surface area contributed by atoms with Crippen molar-refractivity contribution in [1.29, 1.82) is 0 Å². The van der Waals surface area contributed by atoms with Gasteiger partial charge in [0, 0.05) is 37.5 Å². The maximum Gasteiger partial charge on any atom is 0.223 e. The third-order valence-corrected chi connectivity index (χ3v) is 4.70. The van der Waals surface area contributed by atoms with E-state index in [1.165, 1.54) is 5.57 Å². The summed E-state index contributed by atoms with van der Waals surface area (Å²) in [6.45, 7) is 5.86. The maximum absolute atomic E-state index is 12.2. The van der Waals surface area contributed by atoms with Gasteiger partial charge in [-0.15, -0.1) is 0 Å². The lowest BCUT2D eigenvalue weighted by Crippen LogP contribution is -2.35. The Morgan fingerprint density at radius 3 is 3.10 bits per heavy atom. The van der Waals surface area contributed by atoms with Gasteiger partial charge < -0.3 is 4.90 Å². The molecule has 2 atom stereocenters. The zero-order valence-electron chi connectivity index (χ0n) is 12.5. The van der Waals surface area contributed by atoms with E-state index < -0.39 is 0 Å². The average Bonchev–Trinajstić information content (AvgIpc) is 2.91.